The van der Waals surface area contributed by atoms with Crippen LogP contribution in [0.3, 0.4) is 0 Å². The summed E-state index contributed by atoms with van der Waals surface area (Å²) in [7, 11) is 0. The molecule has 1 amide bonds. The van der Waals surface area contributed by atoms with Crippen LogP contribution in [0.25, 0.3) is 21.1 Å². The predicted molar refractivity (Wildman–Crippen MR) is 96.8 cm³/mol. The van der Waals surface area contributed by atoms with Gasteiger partial charge in [-0.25, -0.2) is 4.79 Å². The van der Waals surface area contributed by atoms with Crippen molar-refractivity contribution in [2.75, 3.05) is 6.54 Å². The molecule has 0 saturated carbocycles. The average Bonchev–Trinajstić information content (AvgIpc) is 3.07. The molecule has 2 aromatic heterocycles. The number of carbonyl (C=O) groups is 1. The smallest absolute Gasteiger partial charge is 0.345 e. The zero-order valence-electron chi connectivity index (χ0n) is 13.6. The molecule has 3 aromatic rings. The number of hydrogen-bond acceptors (Lipinski definition) is 4. The summed E-state index contributed by atoms with van der Waals surface area (Å²) in [5.41, 5.74) is 0.199. The fraction of sp³-hybridized carbons (Fsp3) is 0.368. The Morgan fingerprint density at radius 2 is 2.12 bits per heavy atom. The molecular weight excluding hydrogens is 322 g/mol. The van der Waals surface area contributed by atoms with Gasteiger partial charge >= 0.3 is 5.63 Å². The molecule has 1 atom stereocenters. The first-order valence-electron chi connectivity index (χ1n) is 8.45. The molecule has 0 spiro atoms. The van der Waals surface area contributed by atoms with Gasteiger partial charge in [0.05, 0.1) is 15.0 Å². The summed E-state index contributed by atoms with van der Waals surface area (Å²) < 4.78 is 6.22. The predicted octanol–water partition coefficient (Wildman–Crippen LogP) is 4.41. The summed E-state index contributed by atoms with van der Waals surface area (Å²) >= 11 is 1.40. The summed E-state index contributed by atoms with van der Waals surface area (Å²) in [6.45, 7) is 2.93. The molecule has 0 N–H and O–H groups in total. The minimum atomic E-state index is -0.371. The lowest BCUT2D eigenvalue weighted by atomic mass is 10.00. The van der Waals surface area contributed by atoms with E-state index >= 15 is 0 Å². The van der Waals surface area contributed by atoms with Crippen molar-refractivity contribution < 1.29 is 9.21 Å². The molecule has 4 nitrogen and oxygen atoms in total. The van der Waals surface area contributed by atoms with E-state index in [2.05, 4.69) is 6.92 Å². The number of thiophene rings is 1. The number of carbonyl (C=O) groups excluding carboxylic acids is 1. The molecule has 1 unspecified atom stereocenters. The van der Waals surface area contributed by atoms with E-state index in [1.807, 2.05) is 23.1 Å². The maximum atomic E-state index is 13.0. The van der Waals surface area contributed by atoms with Crippen LogP contribution in [0.1, 0.15) is 42.3 Å². The van der Waals surface area contributed by atoms with Crippen molar-refractivity contribution in [3.8, 4) is 0 Å². The third kappa shape index (κ3) is 2.44. The minimum absolute atomic E-state index is 0.0474. The number of piperidine rings is 1. The molecule has 1 saturated heterocycles. The monoisotopic (exact) mass is 341 g/mol. The molecule has 5 heteroatoms. The molecule has 1 fully saturated rings. The number of rotatable bonds is 2. The van der Waals surface area contributed by atoms with E-state index in [0.717, 1.165) is 35.9 Å². The molecule has 1 aromatic carbocycles. The minimum Gasteiger partial charge on any atom is -0.422 e. The quantitative estimate of drug-likeness (QED) is 0.649. The second kappa shape index (κ2) is 6.06. The van der Waals surface area contributed by atoms with E-state index in [1.54, 1.807) is 12.1 Å². The van der Waals surface area contributed by atoms with E-state index in [1.165, 1.54) is 17.8 Å². The Labute approximate surface area is 143 Å². The fourth-order valence-corrected chi connectivity index (χ4v) is 4.71. The lowest BCUT2D eigenvalue weighted by Gasteiger charge is -2.34. The van der Waals surface area contributed by atoms with Crippen LogP contribution in [0.2, 0.25) is 0 Å². The highest BCUT2D eigenvalue weighted by Crippen LogP contribution is 2.32. The first kappa shape index (κ1) is 15.4. The van der Waals surface area contributed by atoms with Crippen molar-refractivity contribution in [2.24, 2.45) is 0 Å². The summed E-state index contributed by atoms with van der Waals surface area (Å²) in [4.78, 5) is 27.8. The standard InChI is InChI=1S/C19H19NO3S/c1-2-12-7-5-6-10-20(12)18(21)16-11-14-17(24-16)13-8-3-4-9-15(13)23-19(14)22/h3-4,8-9,11-12H,2,5-7,10H2,1H3. The summed E-state index contributed by atoms with van der Waals surface area (Å²) in [6.07, 6.45) is 4.28. The number of likely N-dealkylation sites (tertiary alicyclic amines) is 1. The SMILES string of the molecule is CCC1CCCCN1C(=O)c1cc2c(=O)oc3ccccc3c2s1. The molecule has 0 bridgehead atoms. The lowest BCUT2D eigenvalue weighted by molar-refractivity contribution is 0.0613. The summed E-state index contributed by atoms with van der Waals surface area (Å²) in [5, 5.41) is 1.40. The van der Waals surface area contributed by atoms with Crippen LogP contribution >= 0.6 is 11.3 Å². The number of para-hydroxylation sites is 1. The van der Waals surface area contributed by atoms with Crippen LogP contribution in [0.4, 0.5) is 0 Å². The lowest BCUT2D eigenvalue weighted by Crippen LogP contribution is -2.43. The fourth-order valence-electron chi connectivity index (χ4n) is 3.58. The Bertz CT molecular complexity index is 972. The van der Waals surface area contributed by atoms with Gasteiger partial charge in [0, 0.05) is 18.0 Å². The van der Waals surface area contributed by atoms with Crippen LogP contribution < -0.4 is 5.63 Å². The number of fused-ring (bicyclic) bond motifs is 3. The van der Waals surface area contributed by atoms with Crippen LogP contribution in [-0.2, 0) is 0 Å². The summed E-state index contributed by atoms with van der Waals surface area (Å²) in [5.74, 6) is 0.0474. The number of hydrogen-bond donors (Lipinski definition) is 0. The molecule has 1 aliphatic heterocycles. The molecule has 0 aliphatic carbocycles. The first-order chi connectivity index (χ1) is 11.7. The van der Waals surface area contributed by atoms with E-state index < -0.39 is 0 Å². The molecule has 0 radical (unpaired) electrons. The zero-order valence-corrected chi connectivity index (χ0v) is 14.4. The molecule has 4 rings (SSSR count). The second-order valence-electron chi connectivity index (χ2n) is 6.30. The number of nitrogens with zero attached hydrogens (tertiary/aromatic N) is 1. The Hall–Kier alpha value is -2.14. The largest absolute Gasteiger partial charge is 0.422 e. The van der Waals surface area contributed by atoms with E-state index in [0.29, 0.717) is 21.9 Å². The van der Waals surface area contributed by atoms with Gasteiger partial charge in [-0.15, -0.1) is 11.3 Å². The second-order valence-corrected chi connectivity index (χ2v) is 7.35. The third-order valence-electron chi connectivity index (χ3n) is 4.86. The highest BCUT2D eigenvalue weighted by Gasteiger charge is 2.27. The van der Waals surface area contributed by atoms with Gasteiger partial charge in [0.15, 0.2) is 0 Å². The van der Waals surface area contributed by atoms with Crippen LogP contribution in [-0.4, -0.2) is 23.4 Å². The van der Waals surface area contributed by atoms with E-state index in [-0.39, 0.29) is 11.5 Å². The van der Waals surface area contributed by atoms with E-state index in [9.17, 15) is 9.59 Å². The maximum absolute atomic E-state index is 13.0. The van der Waals surface area contributed by atoms with Gasteiger partial charge in [-0.3, -0.25) is 4.79 Å². The van der Waals surface area contributed by atoms with Gasteiger partial charge in [0.1, 0.15) is 5.58 Å². The normalized spacial score (nSPS) is 18.4. The number of benzene rings is 1. The molecular formula is C19H19NO3S. The molecule has 1 aliphatic rings. The van der Waals surface area contributed by atoms with Crippen molar-refractivity contribution in [3.05, 3.63) is 45.6 Å². The van der Waals surface area contributed by atoms with Gasteiger partial charge in [-0.1, -0.05) is 19.1 Å². The highest BCUT2D eigenvalue weighted by atomic mass is 32.1. The van der Waals surface area contributed by atoms with Crippen molar-refractivity contribution in [1.82, 2.24) is 4.90 Å². The van der Waals surface area contributed by atoms with E-state index in [4.69, 9.17) is 4.42 Å². The Morgan fingerprint density at radius 3 is 2.96 bits per heavy atom. The first-order valence-corrected chi connectivity index (χ1v) is 9.27. The van der Waals surface area contributed by atoms with Crippen LogP contribution in [0, 0.1) is 0 Å². The zero-order chi connectivity index (χ0) is 16.7. The van der Waals surface area contributed by atoms with Crippen molar-refractivity contribution in [1.29, 1.82) is 0 Å². The van der Waals surface area contributed by atoms with Crippen LogP contribution in [0.5, 0.6) is 0 Å². The Balaban J connectivity index is 1.83. The Kier molecular flexibility index (Phi) is 3.88. The van der Waals surface area contributed by atoms with Gasteiger partial charge in [-0.2, -0.15) is 0 Å². The van der Waals surface area contributed by atoms with Gasteiger partial charge in [0.2, 0.25) is 0 Å². The van der Waals surface area contributed by atoms with Crippen molar-refractivity contribution in [3.63, 3.8) is 0 Å². The molecule has 124 valence electrons. The molecule has 3 heterocycles. The van der Waals surface area contributed by atoms with Gasteiger partial charge < -0.3 is 9.32 Å². The Morgan fingerprint density at radius 1 is 1.29 bits per heavy atom. The maximum Gasteiger partial charge on any atom is 0.345 e. The van der Waals surface area contributed by atoms with Crippen molar-refractivity contribution in [2.45, 2.75) is 38.6 Å². The van der Waals surface area contributed by atoms with Crippen LogP contribution in [0.15, 0.2) is 39.5 Å². The summed E-state index contributed by atoms with van der Waals surface area (Å²) in [6, 6.07) is 9.50. The highest BCUT2D eigenvalue weighted by molar-refractivity contribution is 7.21. The topological polar surface area (TPSA) is 50.5 Å². The average molecular weight is 341 g/mol. The third-order valence-corrected chi connectivity index (χ3v) is 6.01. The van der Waals surface area contributed by atoms with Gasteiger partial charge in [0.25, 0.3) is 5.91 Å². The van der Waals surface area contributed by atoms with Gasteiger partial charge in [-0.05, 0) is 43.9 Å². The molecule has 24 heavy (non-hydrogen) atoms. The van der Waals surface area contributed by atoms with Crippen molar-refractivity contribution >= 4 is 38.3 Å². The number of amides is 1.